The quantitative estimate of drug-likeness (QED) is 0.109. The van der Waals surface area contributed by atoms with Gasteiger partial charge >= 0.3 is 12.2 Å². The number of imidazole rings is 2. The van der Waals surface area contributed by atoms with Gasteiger partial charge in [0, 0.05) is 12.1 Å². The molecule has 59 heavy (non-hydrogen) atoms. The van der Waals surface area contributed by atoms with Crippen molar-refractivity contribution in [3.8, 4) is 0 Å². The highest BCUT2D eigenvalue weighted by Crippen LogP contribution is 2.54. The van der Waals surface area contributed by atoms with E-state index in [1.807, 2.05) is 73.9 Å². The number of methoxy groups -OCH3 is 2. The van der Waals surface area contributed by atoms with E-state index in [9.17, 15) is 19.2 Å². The molecule has 2 aromatic heterocycles. The average molecular weight is 803 g/mol. The predicted molar refractivity (Wildman–Crippen MR) is 225 cm³/mol. The first-order valence-electron chi connectivity index (χ1n) is 20.6. The van der Waals surface area contributed by atoms with Crippen LogP contribution in [0, 0.1) is 23.7 Å². The Labute approximate surface area is 343 Å². The Bertz CT molecular complexity index is 2390. The summed E-state index contributed by atoms with van der Waals surface area (Å²) in [6.07, 6.45) is 8.30. The minimum Gasteiger partial charge on any atom is -0.453 e. The number of aromatic nitrogens is 4. The molecule has 14 nitrogen and oxygen atoms in total. The summed E-state index contributed by atoms with van der Waals surface area (Å²) in [6, 6.07) is 10.8. The number of rotatable bonds is 12. The number of aromatic amines is 2. The highest BCUT2D eigenvalue weighted by molar-refractivity contribution is 5.89. The lowest BCUT2D eigenvalue weighted by molar-refractivity contribution is -0.137. The van der Waals surface area contributed by atoms with Gasteiger partial charge in [-0.05, 0) is 103 Å². The minimum atomic E-state index is -0.691. The maximum atomic E-state index is 13.9. The lowest BCUT2D eigenvalue weighted by atomic mass is 10.0. The smallest absolute Gasteiger partial charge is 0.407 e. The van der Waals surface area contributed by atoms with Crippen LogP contribution >= 0.6 is 0 Å². The number of hydrogen-bond acceptors (Lipinski definition) is 8. The number of fused-ring (bicyclic) bond motifs is 4. The van der Waals surface area contributed by atoms with Gasteiger partial charge in [0.15, 0.2) is 0 Å². The van der Waals surface area contributed by atoms with E-state index in [1.54, 1.807) is 0 Å². The third-order valence-corrected chi connectivity index (χ3v) is 12.7. The SMILES string of the molecule is C=C/C(=C\C=C(/C)c1ccc2[nH]c([C@@H]3C[C@@H]4C[C@@H]4N3C(=O)[C@@H](NC(=O)OC)C(C)C)nc2c1)c1ccc2[nH]c([C@@H]3C[C@@H]4C[C@@H]4N3C(=O)[C@@H](NC(=O)OC)C(C)C)nc2c1. The molecule has 4 fully saturated rings. The summed E-state index contributed by atoms with van der Waals surface area (Å²) in [5.41, 5.74) is 7.33. The number of ether oxygens (including phenoxy) is 2. The normalized spacial score (nSPS) is 24.6. The monoisotopic (exact) mass is 802 g/mol. The number of carbonyl (C=O) groups excluding carboxylic acids is 4. The van der Waals surface area contributed by atoms with Crippen LogP contribution in [0.2, 0.25) is 0 Å². The second-order valence-corrected chi connectivity index (χ2v) is 17.2. The largest absolute Gasteiger partial charge is 0.453 e. The topological polar surface area (TPSA) is 175 Å². The lowest BCUT2D eigenvalue weighted by Crippen LogP contribution is -2.52. The van der Waals surface area contributed by atoms with Gasteiger partial charge in [-0.3, -0.25) is 9.59 Å². The van der Waals surface area contributed by atoms with Crippen LogP contribution in [0.3, 0.4) is 0 Å². The molecule has 2 saturated heterocycles. The van der Waals surface area contributed by atoms with Gasteiger partial charge in [-0.1, -0.05) is 64.6 Å². The lowest BCUT2D eigenvalue weighted by Gasteiger charge is -2.31. The van der Waals surface area contributed by atoms with Crippen molar-refractivity contribution in [1.29, 1.82) is 0 Å². The number of likely N-dealkylation sites (tertiary alicyclic amines) is 2. The zero-order valence-corrected chi connectivity index (χ0v) is 34.7. The van der Waals surface area contributed by atoms with Gasteiger partial charge in [0.05, 0.1) is 48.4 Å². The summed E-state index contributed by atoms with van der Waals surface area (Å²) in [4.78, 5) is 72.8. The maximum absolute atomic E-state index is 13.9. The second kappa shape index (κ2) is 15.7. The van der Waals surface area contributed by atoms with E-state index in [4.69, 9.17) is 19.4 Å². The molecule has 0 bridgehead atoms. The molecule has 0 radical (unpaired) electrons. The number of carbonyl (C=O) groups is 4. The number of nitrogens with one attached hydrogen (secondary N) is 4. The number of benzene rings is 2. The van der Waals surface area contributed by atoms with Crippen molar-refractivity contribution >= 4 is 57.2 Å². The third kappa shape index (κ3) is 7.60. The molecule has 14 heteroatoms. The molecule has 2 saturated carbocycles. The Morgan fingerprint density at radius 2 is 1.19 bits per heavy atom. The Balaban J connectivity index is 0.994. The molecule has 2 aliphatic heterocycles. The first kappa shape index (κ1) is 39.9. The van der Waals surface area contributed by atoms with Gasteiger partial charge in [-0.15, -0.1) is 0 Å². The molecule has 310 valence electrons. The first-order valence-corrected chi connectivity index (χ1v) is 20.6. The molecular weight excluding hydrogens is 749 g/mol. The fourth-order valence-corrected chi connectivity index (χ4v) is 9.14. The van der Waals surface area contributed by atoms with Crippen molar-refractivity contribution in [2.45, 2.75) is 96.6 Å². The zero-order chi connectivity index (χ0) is 41.9. The Hall–Kier alpha value is -5.92. The molecule has 4 aromatic rings. The number of hydrogen-bond donors (Lipinski definition) is 4. The summed E-state index contributed by atoms with van der Waals surface area (Å²) >= 11 is 0. The van der Waals surface area contributed by atoms with Gasteiger partial charge in [-0.2, -0.15) is 0 Å². The molecule has 0 unspecified atom stereocenters. The molecule has 0 spiro atoms. The summed E-state index contributed by atoms with van der Waals surface area (Å²) in [5, 5.41) is 5.49. The predicted octanol–water partition coefficient (Wildman–Crippen LogP) is 7.20. The van der Waals surface area contributed by atoms with Crippen LogP contribution in [0.1, 0.15) is 95.2 Å². The molecule has 4 aliphatic rings. The number of nitrogens with zero attached hydrogens (tertiary/aromatic N) is 4. The van der Waals surface area contributed by atoms with Crippen LogP contribution in [-0.4, -0.2) is 92.1 Å². The number of allylic oxidation sites excluding steroid dienone is 5. The molecule has 4 amide bonds. The van der Waals surface area contributed by atoms with E-state index in [2.05, 4.69) is 52.3 Å². The van der Waals surface area contributed by atoms with Crippen LogP contribution in [0.5, 0.6) is 0 Å². The molecule has 2 aromatic carbocycles. The van der Waals surface area contributed by atoms with Crippen LogP contribution < -0.4 is 10.6 Å². The number of H-pyrrole nitrogens is 2. The first-order chi connectivity index (χ1) is 28.3. The van der Waals surface area contributed by atoms with Crippen LogP contribution in [0.4, 0.5) is 9.59 Å². The Morgan fingerprint density at radius 1 is 0.729 bits per heavy atom. The molecule has 2 aliphatic carbocycles. The number of alkyl carbamates (subject to hydrolysis) is 2. The zero-order valence-electron chi connectivity index (χ0n) is 34.7. The van der Waals surface area contributed by atoms with E-state index < -0.39 is 24.3 Å². The fraction of sp³-hybridized carbons (Fsp3) is 0.467. The van der Waals surface area contributed by atoms with E-state index in [0.29, 0.717) is 11.8 Å². The number of amides is 4. The third-order valence-electron chi connectivity index (χ3n) is 12.7. The standard InChI is InChI=1S/C45H54N8O6/c1-9-25(27-13-15-31-33(17-27)49-41(47-31)37-21-29-19-35(29)53(37)43(55)39(23(4)5)51-45(57)59-8)11-10-24(6)26-12-14-30-32(16-26)48-40(46-30)36-20-28-18-34(28)52(36)42(54)38(22(2)3)50-44(56)58-7/h9-17,22-23,28-29,34-39H,1,18-21H2,2-8H3,(H,46,48)(H,47,49)(H,50,56)(H,51,57)/b24-10+,25-11+/t28-,29-,34-,35-,36-,37-,38-,39-/m0/s1. The van der Waals surface area contributed by atoms with Gasteiger partial charge in [-0.25, -0.2) is 19.6 Å². The Morgan fingerprint density at radius 3 is 1.63 bits per heavy atom. The van der Waals surface area contributed by atoms with Crippen molar-refractivity contribution < 1.29 is 28.7 Å². The van der Waals surface area contributed by atoms with Crippen molar-refractivity contribution in [3.63, 3.8) is 0 Å². The molecule has 4 heterocycles. The van der Waals surface area contributed by atoms with Crippen LogP contribution in [0.25, 0.3) is 33.2 Å². The molecule has 4 N–H and O–H groups in total. The highest BCUT2D eigenvalue weighted by Gasteiger charge is 2.57. The summed E-state index contributed by atoms with van der Waals surface area (Å²) in [7, 11) is 2.60. The fourth-order valence-electron chi connectivity index (χ4n) is 9.14. The van der Waals surface area contributed by atoms with Crippen LogP contribution in [0.15, 0.2) is 61.2 Å². The summed E-state index contributed by atoms with van der Waals surface area (Å²) in [6.45, 7) is 13.8. The summed E-state index contributed by atoms with van der Waals surface area (Å²) in [5.74, 6) is 1.93. The highest BCUT2D eigenvalue weighted by atomic mass is 16.5. The van der Waals surface area contributed by atoms with Crippen molar-refractivity contribution in [1.82, 2.24) is 40.4 Å². The van der Waals surface area contributed by atoms with Gasteiger partial charge in [0.25, 0.3) is 0 Å². The van der Waals surface area contributed by atoms with Gasteiger partial charge in [0.1, 0.15) is 23.7 Å². The second-order valence-electron chi connectivity index (χ2n) is 17.2. The Kier molecular flexibility index (Phi) is 10.6. The molecule has 8 atom stereocenters. The molecular formula is C45H54N8O6. The summed E-state index contributed by atoms with van der Waals surface area (Å²) < 4.78 is 9.62. The van der Waals surface area contributed by atoms with Crippen molar-refractivity contribution in [3.05, 3.63) is 84.0 Å². The minimum absolute atomic E-state index is 0.105. The van der Waals surface area contributed by atoms with E-state index in [-0.39, 0.29) is 47.8 Å². The van der Waals surface area contributed by atoms with E-state index in [1.165, 1.54) is 14.2 Å². The van der Waals surface area contributed by atoms with Crippen molar-refractivity contribution in [2.24, 2.45) is 23.7 Å². The van der Waals surface area contributed by atoms with E-state index >= 15 is 0 Å². The number of piperidine rings is 2. The van der Waals surface area contributed by atoms with Gasteiger partial charge < -0.3 is 39.9 Å². The van der Waals surface area contributed by atoms with Crippen LogP contribution in [-0.2, 0) is 19.1 Å². The maximum Gasteiger partial charge on any atom is 0.407 e. The van der Waals surface area contributed by atoms with Crippen molar-refractivity contribution in [2.75, 3.05) is 14.2 Å². The average Bonchev–Trinajstić information content (AvgIpc) is 3.88. The van der Waals surface area contributed by atoms with E-state index in [0.717, 1.165) is 81.7 Å². The van der Waals surface area contributed by atoms with Gasteiger partial charge in [0.2, 0.25) is 11.8 Å². The molecule has 8 rings (SSSR count).